The zero-order valence-electron chi connectivity index (χ0n) is 15.7. The standard InChI is InChI=1S/C20H22N4O3S/c1-14(2)24-28(26,27)13-16-8-4-3-7-15(16)11-22-20(25)19-12-21-17-9-5-6-10-18(17)23-19/h3-10,12,14,24H,11,13H2,1-2H3,(H,22,25). The largest absolute Gasteiger partial charge is 0.347 e. The maximum Gasteiger partial charge on any atom is 0.271 e. The Hall–Kier alpha value is -2.84. The van der Waals surface area contributed by atoms with Gasteiger partial charge in [-0.25, -0.2) is 18.1 Å². The molecule has 2 N–H and O–H groups in total. The molecule has 0 fully saturated rings. The summed E-state index contributed by atoms with van der Waals surface area (Å²) in [6.45, 7) is 3.74. The van der Waals surface area contributed by atoms with Gasteiger partial charge < -0.3 is 5.32 Å². The Morgan fingerprint density at radius 3 is 2.36 bits per heavy atom. The van der Waals surface area contributed by atoms with Crippen LogP contribution in [-0.4, -0.2) is 30.3 Å². The summed E-state index contributed by atoms with van der Waals surface area (Å²) in [5, 5.41) is 2.79. The van der Waals surface area contributed by atoms with Crippen LogP contribution in [0.3, 0.4) is 0 Å². The summed E-state index contributed by atoms with van der Waals surface area (Å²) in [4.78, 5) is 21.0. The Labute approximate surface area is 164 Å². The van der Waals surface area contributed by atoms with Gasteiger partial charge in [0.2, 0.25) is 10.0 Å². The van der Waals surface area contributed by atoms with Crippen molar-refractivity contribution in [1.82, 2.24) is 20.0 Å². The third kappa shape index (κ3) is 5.11. The maximum absolute atomic E-state index is 12.5. The van der Waals surface area contributed by atoms with Crippen molar-refractivity contribution < 1.29 is 13.2 Å². The molecule has 0 saturated heterocycles. The lowest BCUT2D eigenvalue weighted by atomic mass is 10.1. The maximum atomic E-state index is 12.5. The highest BCUT2D eigenvalue weighted by atomic mass is 32.2. The molecular weight excluding hydrogens is 376 g/mol. The van der Waals surface area contributed by atoms with E-state index in [4.69, 9.17) is 0 Å². The number of benzene rings is 2. The summed E-state index contributed by atoms with van der Waals surface area (Å²) >= 11 is 0. The van der Waals surface area contributed by atoms with Crippen molar-refractivity contribution >= 4 is 27.0 Å². The number of sulfonamides is 1. The molecule has 0 saturated carbocycles. The van der Waals surface area contributed by atoms with Crippen LogP contribution in [-0.2, 0) is 22.3 Å². The third-order valence-electron chi connectivity index (χ3n) is 4.00. The van der Waals surface area contributed by atoms with Crippen LogP contribution in [0, 0.1) is 0 Å². The fourth-order valence-electron chi connectivity index (χ4n) is 2.81. The van der Waals surface area contributed by atoms with Gasteiger partial charge in [-0.1, -0.05) is 36.4 Å². The van der Waals surface area contributed by atoms with Gasteiger partial charge in [0, 0.05) is 12.6 Å². The van der Waals surface area contributed by atoms with Crippen LogP contribution in [0.1, 0.15) is 35.5 Å². The lowest BCUT2D eigenvalue weighted by molar-refractivity contribution is 0.0946. The van der Waals surface area contributed by atoms with Crippen molar-refractivity contribution in [2.45, 2.75) is 32.2 Å². The molecule has 3 aromatic rings. The Bertz CT molecular complexity index is 1100. The number of para-hydroxylation sites is 2. The average Bonchev–Trinajstić information content (AvgIpc) is 2.65. The van der Waals surface area contributed by atoms with E-state index in [1.165, 1.54) is 6.20 Å². The van der Waals surface area contributed by atoms with E-state index in [0.29, 0.717) is 16.6 Å². The van der Waals surface area contributed by atoms with E-state index >= 15 is 0 Å². The topological polar surface area (TPSA) is 101 Å². The number of aromatic nitrogens is 2. The summed E-state index contributed by atoms with van der Waals surface area (Å²) in [6, 6.07) is 14.3. The molecule has 7 nitrogen and oxygen atoms in total. The van der Waals surface area contributed by atoms with Gasteiger partial charge in [0.1, 0.15) is 5.69 Å². The van der Waals surface area contributed by atoms with Crippen LogP contribution in [0.4, 0.5) is 0 Å². The lowest BCUT2D eigenvalue weighted by Gasteiger charge is -2.13. The molecule has 28 heavy (non-hydrogen) atoms. The highest BCUT2D eigenvalue weighted by molar-refractivity contribution is 7.88. The number of amides is 1. The van der Waals surface area contributed by atoms with Crippen LogP contribution < -0.4 is 10.0 Å². The average molecular weight is 398 g/mol. The predicted molar refractivity (Wildman–Crippen MR) is 108 cm³/mol. The molecule has 0 aliphatic rings. The van der Waals surface area contributed by atoms with Gasteiger partial charge >= 0.3 is 0 Å². The number of carbonyl (C=O) groups is 1. The molecule has 0 radical (unpaired) electrons. The first-order chi connectivity index (χ1) is 13.3. The molecule has 2 aromatic carbocycles. The van der Waals surface area contributed by atoms with Crippen molar-refractivity contribution in [2.75, 3.05) is 0 Å². The van der Waals surface area contributed by atoms with Gasteiger partial charge in [0.05, 0.1) is 23.0 Å². The fourth-order valence-corrected chi connectivity index (χ4v) is 4.30. The van der Waals surface area contributed by atoms with Crippen LogP contribution in [0.2, 0.25) is 0 Å². The highest BCUT2D eigenvalue weighted by Gasteiger charge is 2.16. The summed E-state index contributed by atoms with van der Waals surface area (Å²) < 4.78 is 27.0. The Kier molecular flexibility index (Phi) is 6.01. The fraction of sp³-hybridized carbons (Fsp3) is 0.250. The molecule has 0 aliphatic heterocycles. The molecule has 0 bridgehead atoms. The van der Waals surface area contributed by atoms with Crippen molar-refractivity contribution in [1.29, 1.82) is 0 Å². The molecule has 0 unspecified atom stereocenters. The Balaban J connectivity index is 1.72. The first-order valence-electron chi connectivity index (χ1n) is 8.91. The van der Waals surface area contributed by atoms with Gasteiger partial charge in [-0.05, 0) is 37.1 Å². The summed E-state index contributed by atoms with van der Waals surface area (Å²) in [5.41, 5.74) is 2.94. The molecule has 0 aliphatic carbocycles. The van der Waals surface area contributed by atoms with Crippen molar-refractivity contribution in [3.63, 3.8) is 0 Å². The molecule has 1 amide bonds. The molecule has 0 atom stereocenters. The van der Waals surface area contributed by atoms with Crippen molar-refractivity contribution in [2.24, 2.45) is 0 Å². The second-order valence-corrected chi connectivity index (χ2v) is 8.48. The van der Waals surface area contributed by atoms with Crippen LogP contribution in [0.25, 0.3) is 11.0 Å². The number of hydrogen-bond donors (Lipinski definition) is 2. The minimum absolute atomic E-state index is 0.146. The SMILES string of the molecule is CC(C)NS(=O)(=O)Cc1ccccc1CNC(=O)c1cnc2ccccc2n1. The lowest BCUT2D eigenvalue weighted by Crippen LogP contribution is -2.32. The molecule has 3 rings (SSSR count). The van der Waals surface area contributed by atoms with Crippen LogP contribution >= 0.6 is 0 Å². The first kappa shape index (κ1) is 19.9. The highest BCUT2D eigenvalue weighted by Crippen LogP contribution is 2.13. The van der Waals surface area contributed by atoms with E-state index < -0.39 is 10.0 Å². The summed E-state index contributed by atoms with van der Waals surface area (Å²) in [5.74, 6) is -0.510. The van der Waals surface area contributed by atoms with E-state index in [1.807, 2.05) is 24.3 Å². The molecule has 1 aromatic heterocycles. The smallest absolute Gasteiger partial charge is 0.271 e. The molecule has 0 spiro atoms. The number of nitrogens with zero attached hydrogens (tertiary/aromatic N) is 2. The van der Waals surface area contributed by atoms with Crippen LogP contribution in [0.15, 0.2) is 54.7 Å². The van der Waals surface area contributed by atoms with Crippen molar-refractivity contribution in [3.8, 4) is 0 Å². The van der Waals surface area contributed by atoms with E-state index in [1.54, 1.807) is 38.1 Å². The van der Waals surface area contributed by atoms with Gasteiger partial charge in [-0.3, -0.25) is 9.78 Å². The minimum atomic E-state index is -3.46. The first-order valence-corrected chi connectivity index (χ1v) is 10.6. The number of fused-ring (bicyclic) bond motifs is 1. The monoisotopic (exact) mass is 398 g/mol. The Morgan fingerprint density at radius 2 is 1.64 bits per heavy atom. The zero-order chi connectivity index (χ0) is 20.1. The third-order valence-corrected chi connectivity index (χ3v) is 5.52. The van der Waals surface area contributed by atoms with E-state index in [0.717, 1.165) is 5.56 Å². The van der Waals surface area contributed by atoms with Crippen LogP contribution in [0.5, 0.6) is 0 Å². The predicted octanol–water partition coefficient (Wildman–Crippen LogP) is 2.39. The van der Waals surface area contributed by atoms with E-state index in [-0.39, 0.29) is 29.9 Å². The molecule has 8 heteroatoms. The van der Waals surface area contributed by atoms with E-state index in [2.05, 4.69) is 20.0 Å². The second-order valence-electron chi connectivity index (χ2n) is 6.73. The number of nitrogens with one attached hydrogen (secondary N) is 2. The molecule has 146 valence electrons. The quantitative estimate of drug-likeness (QED) is 0.636. The normalized spacial score (nSPS) is 11.7. The minimum Gasteiger partial charge on any atom is -0.347 e. The van der Waals surface area contributed by atoms with E-state index in [9.17, 15) is 13.2 Å². The number of carbonyl (C=O) groups excluding carboxylic acids is 1. The van der Waals surface area contributed by atoms with Gasteiger partial charge in [0.15, 0.2) is 0 Å². The molecule has 1 heterocycles. The van der Waals surface area contributed by atoms with Gasteiger partial charge in [-0.2, -0.15) is 0 Å². The Morgan fingerprint density at radius 1 is 1.00 bits per heavy atom. The number of hydrogen-bond acceptors (Lipinski definition) is 5. The zero-order valence-corrected chi connectivity index (χ0v) is 16.5. The molecular formula is C20H22N4O3S. The second kappa shape index (κ2) is 8.45. The van der Waals surface area contributed by atoms with Crippen molar-refractivity contribution in [3.05, 3.63) is 71.5 Å². The van der Waals surface area contributed by atoms with Gasteiger partial charge in [0.25, 0.3) is 5.91 Å². The summed E-state index contributed by atoms with van der Waals surface area (Å²) in [6.07, 6.45) is 1.43. The van der Waals surface area contributed by atoms with Gasteiger partial charge in [-0.15, -0.1) is 0 Å². The number of rotatable bonds is 7. The summed E-state index contributed by atoms with van der Waals surface area (Å²) in [7, 11) is -3.46.